The van der Waals surface area contributed by atoms with E-state index in [0.717, 1.165) is 23.0 Å². The van der Waals surface area contributed by atoms with Crippen LogP contribution in [0.2, 0.25) is 0 Å². The van der Waals surface area contributed by atoms with Crippen molar-refractivity contribution in [3.05, 3.63) is 71.1 Å². The average molecular weight is 359 g/mol. The van der Waals surface area contributed by atoms with Crippen molar-refractivity contribution in [1.82, 2.24) is 14.9 Å². The lowest BCUT2D eigenvalue weighted by Gasteiger charge is -2.09. The van der Waals surface area contributed by atoms with Crippen molar-refractivity contribution >= 4 is 29.9 Å². The Balaban J connectivity index is 1.57. The molecule has 2 heterocycles. The zero-order valence-corrected chi connectivity index (χ0v) is 14.5. The molecule has 0 aliphatic heterocycles. The van der Waals surface area contributed by atoms with Crippen LogP contribution in [0.3, 0.4) is 0 Å². The standard InChI is InChI=1S/C17H17N3O2S2/c21-16(18-8-10-24-12-14-7-4-9-22-14)15-11-19-17(23)20(15)13-5-2-1-3-6-13/h1-7,9,11H,8,10,12H2,(H,18,21)(H,19,23). The molecule has 3 aromatic rings. The number of nitrogens with one attached hydrogen (secondary N) is 2. The van der Waals surface area contributed by atoms with Crippen LogP contribution in [0, 0.1) is 4.77 Å². The number of carbonyl (C=O) groups is 1. The summed E-state index contributed by atoms with van der Waals surface area (Å²) in [7, 11) is 0. The van der Waals surface area contributed by atoms with Crippen LogP contribution in [0.5, 0.6) is 0 Å². The fourth-order valence-corrected chi connectivity index (χ4v) is 3.28. The lowest BCUT2D eigenvalue weighted by Crippen LogP contribution is -2.27. The number of furan rings is 1. The van der Waals surface area contributed by atoms with E-state index < -0.39 is 0 Å². The highest BCUT2D eigenvalue weighted by atomic mass is 32.2. The minimum atomic E-state index is -0.148. The molecule has 0 atom stereocenters. The number of aromatic nitrogens is 2. The second kappa shape index (κ2) is 8.03. The second-order valence-corrected chi connectivity index (χ2v) is 6.53. The van der Waals surface area contributed by atoms with Crippen molar-refractivity contribution in [1.29, 1.82) is 0 Å². The van der Waals surface area contributed by atoms with E-state index in [1.165, 1.54) is 0 Å². The maximum Gasteiger partial charge on any atom is 0.269 e. The van der Waals surface area contributed by atoms with Gasteiger partial charge in [-0.15, -0.1) is 0 Å². The number of imidazole rings is 1. The number of thioether (sulfide) groups is 1. The van der Waals surface area contributed by atoms with E-state index >= 15 is 0 Å². The molecule has 0 bridgehead atoms. The number of amides is 1. The number of carbonyl (C=O) groups excluding carboxylic acids is 1. The van der Waals surface area contributed by atoms with Gasteiger partial charge >= 0.3 is 0 Å². The summed E-state index contributed by atoms with van der Waals surface area (Å²) in [5, 5.41) is 2.93. The third kappa shape index (κ3) is 3.98. The first-order valence-electron chi connectivity index (χ1n) is 7.50. The van der Waals surface area contributed by atoms with Gasteiger partial charge in [0.15, 0.2) is 4.77 Å². The van der Waals surface area contributed by atoms with Crippen LogP contribution in [0.1, 0.15) is 16.2 Å². The Morgan fingerprint density at radius 1 is 1.25 bits per heavy atom. The van der Waals surface area contributed by atoms with Gasteiger partial charge in [0.1, 0.15) is 11.5 Å². The summed E-state index contributed by atoms with van der Waals surface area (Å²) in [5.74, 6) is 2.40. The van der Waals surface area contributed by atoms with Gasteiger partial charge in [0.25, 0.3) is 5.91 Å². The van der Waals surface area contributed by atoms with Gasteiger partial charge in [-0.25, -0.2) is 0 Å². The number of hydrogen-bond donors (Lipinski definition) is 2. The van der Waals surface area contributed by atoms with E-state index in [1.54, 1.807) is 28.8 Å². The fourth-order valence-electron chi connectivity index (χ4n) is 2.26. The maximum absolute atomic E-state index is 12.4. The predicted octanol–water partition coefficient (Wildman–Crippen LogP) is 3.79. The lowest BCUT2D eigenvalue weighted by molar-refractivity contribution is 0.0949. The number of rotatable bonds is 7. The first-order valence-corrected chi connectivity index (χ1v) is 9.06. The molecule has 5 nitrogen and oxygen atoms in total. The van der Waals surface area contributed by atoms with Gasteiger partial charge in [0.2, 0.25) is 0 Å². The molecule has 1 aromatic carbocycles. The Kier molecular flexibility index (Phi) is 5.55. The molecule has 1 amide bonds. The number of para-hydroxylation sites is 1. The topological polar surface area (TPSA) is 63.0 Å². The Hall–Kier alpha value is -2.25. The quantitative estimate of drug-likeness (QED) is 0.498. The number of nitrogens with zero attached hydrogens (tertiary/aromatic N) is 1. The van der Waals surface area contributed by atoms with Crippen molar-refractivity contribution in [3.63, 3.8) is 0 Å². The van der Waals surface area contributed by atoms with Crippen molar-refractivity contribution in [2.75, 3.05) is 12.3 Å². The SMILES string of the molecule is O=C(NCCSCc1ccco1)c1c[nH]c(=S)n1-c1ccccc1. The molecule has 0 radical (unpaired) electrons. The molecule has 0 unspecified atom stereocenters. The Morgan fingerprint density at radius 2 is 2.08 bits per heavy atom. The zero-order valence-electron chi connectivity index (χ0n) is 12.9. The second-order valence-electron chi connectivity index (χ2n) is 5.04. The van der Waals surface area contributed by atoms with Gasteiger partial charge in [-0.3, -0.25) is 9.36 Å². The molecule has 0 spiro atoms. The van der Waals surface area contributed by atoms with E-state index in [4.69, 9.17) is 16.6 Å². The monoisotopic (exact) mass is 359 g/mol. The third-order valence-corrected chi connectivity index (χ3v) is 4.66. The van der Waals surface area contributed by atoms with E-state index in [0.29, 0.717) is 17.0 Å². The molecule has 2 aromatic heterocycles. The molecule has 3 rings (SSSR count). The van der Waals surface area contributed by atoms with E-state index in [1.807, 2.05) is 42.5 Å². The molecule has 0 saturated carbocycles. The van der Waals surface area contributed by atoms with Crippen LogP contribution >= 0.6 is 24.0 Å². The summed E-state index contributed by atoms with van der Waals surface area (Å²) < 4.78 is 7.51. The first kappa shape index (κ1) is 16.6. The first-order chi connectivity index (χ1) is 11.8. The van der Waals surface area contributed by atoms with Gasteiger partial charge < -0.3 is 14.7 Å². The summed E-state index contributed by atoms with van der Waals surface area (Å²) in [6.07, 6.45) is 3.30. The number of H-pyrrole nitrogens is 1. The predicted molar refractivity (Wildman–Crippen MR) is 98.2 cm³/mol. The normalized spacial score (nSPS) is 10.7. The van der Waals surface area contributed by atoms with Crippen LogP contribution in [0.4, 0.5) is 0 Å². The summed E-state index contributed by atoms with van der Waals surface area (Å²) in [5.41, 5.74) is 1.36. The highest BCUT2D eigenvalue weighted by molar-refractivity contribution is 7.98. The Morgan fingerprint density at radius 3 is 2.83 bits per heavy atom. The molecule has 0 aliphatic rings. The largest absolute Gasteiger partial charge is 0.468 e. The summed E-state index contributed by atoms with van der Waals surface area (Å²) >= 11 is 7.00. The minimum Gasteiger partial charge on any atom is -0.468 e. The minimum absolute atomic E-state index is 0.148. The number of hydrogen-bond acceptors (Lipinski definition) is 4. The third-order valence-electron chi connectivity index (χ3n) is 3.38. The summed E-state index contributed by atoms with van der Waals surface area (Å²) in [6, 6.07) is 13.4. The lowest BCUT2D eigenvalue weighted by atomic mass is 10.3. The van der Waals surface area contributed by atoms with Gasteiger partial charge in [-0.2, -0.15) is 11.8 Å². The highest BCUT2D eigenvalue weighted by Gasteiger charge is 2.13. The van der Waals surface area contributed by atoms with Crippen molar-refractivity contribution < 1.29 is 9.21 Å². The van der Waals surface area contributed by atoms with E-state index in [2.05, 4.69) is 10.3 Å². The van der Waals surface area contributed by atoms with Crippen LogP contribution in [-0.4, -0.2) is 27.8 Å². The fraction of sp³-hybridized carbons (Fsp3) is 0.176. The van der Waals surface area contributed by atoms with Crippen molar-refractivity contribution in [3.8, 4) is 5.69 Å². The number of aromatic amines is 1. The Bertz CT molecular complexity index is 838. The van der Waals surface area contributed by atoms with Crippen molar-refractivity contribution in [2.45, 2.75) is 5.75 Å². The smallest absolute Gasteiger partial charge is 0.269 e. The van der Waals surface area contributed by atoms with Gasteiger partial charge in [0, 0.05) is 24.2 Å². The van der Waals surface area contributed by atoms with Crippen LogP contribution < -0.4 is 5.32 Å². The molecule has 24 heavy (non-hydrogen) atoms. The highest BCUT2D eigenvalue weighted by Crippen LogP contribution is 2.13. The van der Waals surface area contributed by atoms with Crippen LogP contribution in [0.15, 0.2) is 59.3 Å². The molecule has 124 valence electrons. The zero-order chi connectivity index (χ0) is 16.8. The van der Waals surface area contributed by atoms with E-state index in [-0.39, 0.29) is 5.91 Å². The summed E-state index contributed by atoms with van der Waals surface area (Å²) in [4.78, 5) is 15.4. The Labute approximate surface area is 149 Å². The average Bonchev–Trinajstić information content (AvgIpc) is 3.24. The molecular weight excluding hydrogens is 342 g/mol. The van der Waals surface area contributed by atoms with Crippen LogP contribution in [-0.2, 0) is 5.75 Å². The van der Waals surface area contributed by atoms with Gasteiger partial charge in [-0.1, -0.05) is 18.2 Å². The number of benzene rings is 1. The van der Waals surface area contributed by atoms with E-state index in [9.17, 15) is 4.79 Å². The molecule has 0 fully saturated rings. The van der Waals surface area contributed by atoms with Gasteiger partial charge in [-0.05, 0) is 36.5 Å². The molecule has 0 aliphatic carbocycles. The summed E-state index contributed by atoms with van der Waals surface area (Å²) in [6.45, 7) is 0.580. The molecule has 0 saturated heterocycles. The van der Waals surface area contributed by atoms with Gasteiger partial charge in [0.05, 0.1) is 12.0 Å². The maximum atomic E-state index is 12.4. The van der Waals surface area contributed by atoms with Crippen molar-refractivity contribution in [2.24, 2.45) is 0 Å². The molecule has 2 N–H and O–H groups in total. The molecular formula is C17H17N3O2S2. The van der Waals surface area contributed by atoms with Crippen LogP contribution in [0.25, 0.3) is 5.69 Å². The molecule has 7 heteroatoms.